The SMILES string of the molecule is O=C(N[C@H]1CCCNC1)c1cc(F)cc(Cl)c1. The van der Waals surface area contributed by atoms with Gasteiger partial charge in [0.15, 0.2) is 0 Å². The lowest BCUT2D eigenvalue weighted by Crippen LogP contribution is -2.45. The van der Waals surface area contributed by atoms with Gasteiger partial charge in [-0.05, 0) is 37.6 Å². The van der Waals surface area contributed by atoms with Gasteiger partial charge in [0.2, 0.25) is 0 Å². The van der Waals surface area contributed by atoms with Crippen LogP contribution in [0.4, 0.5) is 4.39 Å². The molecule has 1 heterocycles. The first-order valence-corrected chi connectivity index (χ1v) is 6.00. The number of halogens is 2. The number of piperidine rings is 1. The van der Waals surface area contributed by atoms with Crippen LogP contribution < -0.4 is 10.6 Å². The fourth-order valence-corrected chi connectivity index (χ4v) is 2.15. The predicted octanol–water partition coefficient (Wildman–Crippen LogP) is 1.96. The van der Waals surface area contributed by atoms with Gasteiger partial charge in [-0.1, -0.05) is 11.6 Å². The Morgan fingerprint density at radius 3 is 2.94 bits per heavy atom. The van der Waals surface area contributed by atoms with Crippen LogP contribution >= 0.6 is 11.6 Å². The van der Waals surface area contributed by atoms with Crippen molar-refractivity contribution in [2.75, 3.05) is 13.1 Å². The van der Waals surface area contributed by atoms with Crippen LogP contribution in [0, 0.1) is 5.82 Å². The van der Waals surface area contributed by atoms with Gasteiger partial charge < -0.3 is 10.6 Å². The summed E-state index contributed by atoms with van der Waals surface area (Å²) in [5.41, 5.74) is 0.264. The fraction of sp³-hybridized carbons (Fsp3) is 0.417. The van der Waals surface area contributed by atoms with Crippen LogP contribution in [0.3, 0.4) is 0 Å². The molecule has 1 atom stereocenters. The lowest BCUT2D eigenvalue weighted by atomic mass is 10.1. The van der Waals surface area contributed by atoms with E-state index in [1.807, 2.05) is 0 Å². The van der Waals surface area contributed by atoms with Gasteiger partial charge in [-0.25, -0.2) is 4.39 Å². The molecule has 3 nitrogen and oxygen atoms in total. The minimum Gasteiger partial charge on any atom is -0.348 e. The molecule has 17 heavy (non-hydrogen) atoms. The van der Waals surface area contributed by atoms with Crippen molar-refractivity contribution < 1.29 is 9.18 Å². The van der Waals surface area contributed by atoms with Crippen LogP contribution in [-0.4, -0.2) is 25.0 Å². The van der Waals surface area contributed by atoms with Gasteiger partial charge in [0.05, 0.1) is 0 Å². The normalized spacial score (nSPS) is 20.0. The van der Waals surface area contributed by atoms with Crippen molar-refractivity contribution >= 4 is 17.5 Å². The fourth-order valence-electron chi connectivity index (χ4n) is 1.93. The molecule has 0 unspecified atom stereocenters. The molecule has 1 aromatic carbocycles. The molecule has 0 saturated carbocycles. The number of amides is 1. The maximum Gasteiger partial charge on any atom is 0.251 e. The molecule has 1 saturated heterocycles. The number of carbonyl (C=O) groups excluding carboxylic acids is 1. The van der Waals surface area contributed by atoms with Crippen molar-refractivity contribution in [3.63, 3.8) is 0 Å². The Balaban J connectivity index is 2.03. The maximum absolute atomic E-state index is 13.1. The number of benzene rings is 1. The summed E-state index contributed by atoms with van der Waals surface area (Å²) < 4.78 is 13.1. The molecule has 0 aliphatic carbocycles. The third-order valence-electron chi connectivity index (χ3n) is 2.76. The zero-order valence-corrected chi connectivity index (χ0v) is 10.1. The largest absolute Gasteiger partial charge is 0.348 e. The molecule has 0 radical (unpaired) electrons. The van der Waals surface area contributed by atoms with Crippen LogP contribution in [0.15, 0.2) is 18.2 Å². The van der Waals surface area contributed by atoms with Crippen molar-refractivity contribution in [3.8, 4) is 0 Å². The van der Waals surface area contributed by atoms with Crippen molar-refractivity contribution in [2.45, 2.75) is 18.9 Å². The first-order valence-electron chi connectivity index (χ1n) is 5.63. The van der Waals surface area contributed by atoms with Gasteiger partial charge in [0, 0.05) is 23.2 Å². The average molecular weight is 257 g/mol. The monoisotopic (exact) mass is 256 g/mol. The second-order valence-corrected chi connectivity index (χ2v) is 4.61. The van der Waals surface area contributed by atoms with E-state index in [0.717, 1.165) is 25.9 Å². The number of rotatable bonds is 2. The van der Waals surface area contributed by atoms with Crippen LogP contribution in [0.1, 0.15) is 23.2 Å². The third-order valence-corrected chi connectivity index (χ3v) is 2.98. The summed E-state index contributed by atoms with van der Waals surface area (Å²) in [6.07, 6.45) is 1.98. The molecule has 1 aliphatic rings. The Kier molecular flexibility index (Phi) is 3.97. The highest BCUT2D eigenvalue weighted by molar-refractivity contribution is 6.31. The highest BCUT2D eigenvalue weighted by atomic mass is 35.5. The molecule has 1 aliphatic heterocycles. The van der Waals surface area contributed by atoms with E-state index in [0.29, 0.717) is 0 Å². The number of nitrogens with one attached hydrogen (secondary N) is 2. The Labute approximate surface area is 104 Å². The molecule has 1 fully saturated rings. The zero-order valence-electron chi connectivity index (χ0n) is 9.30. The summed E-state index contributed by atoms with van der Waals surface area (Å²) in [6, 6.07) is 3.95. The van der Waals surface area contributed by atoms with E-state index < -0.39 is 5.82 Å². The van der Waals surface area contributed by atoms with Gasteiger partial charge in [-0.2, -0.15) is 0 Å². The molecule has 2 rings (SSSR count). The number of carbonyl (C=O) groups is 1. The molecule has 0 bridgehead atoms. The Morgan fingerprint density at radius 2 is 2.29 bits per heavy atom. The Bertz CT molecular complexity index is 399. The highest BCUT2D eigenvalue weighted by Gasteiger charge is 2.16. The van der Waals surface area contributed by atoms with E-state index in [1.54, 1.807) is 0 Å². The third kappa shape index (κ3) is 3.41. The molecule has 0 spiro atoms. The van der Waals surface area contributed by atoms with E-state index >= 15 is 0 Å². The zero-order chi connectivity index (χ0) is 12.3. The first kappa shape index (κ1) is 12.3. The first-order chi connectivity index (χ1) is 8.15. The minimum atomic E-state index is -0.496. The molecular formula is C12H14ClFN2O. The van der Waals surface area contributed by atoms with Gasteiger partial charge in [-0.3, -0.25) is 4.79 Å². The van der Waals surface area contributed by atoms with Crippen molar-refractivity contribution in [1.82, 2.24) is 10.6 Å². The van der Waals surface area contributed by atoms with Gasteiger partial charge in [-0.15, -0.1) is 0 Å². The standard InChI is InChI=1S/C12H14ClFN2O/c13-9-4-8(5-10(14)6-9)12(17)16-11-2-1-3-15-7-11/h4-6,11,15H,1-3,7H2,(H,16,17)/t11-/m0/s1. The quantitative estimate of drug-likeness (QED) is 0.849. The highest BCUT2D eigenvalue weighted by Crippen LogP contribution is 2.14. The van der Waals surface area contributed by atoms with Crippen LogP contribution in [-0.2, 0) is 0 Å². The molecule has 0 aromatic heterocycles. The topological polar surface area (TPSA) is 41.1 Å². The minimum absolute atomic E-state index is 0.110. The molecule has 5 heteroatoms. The smallest absolute Gasteiger partial charge is 0.251 e. The molecular weight excluding hydrogens is 243 g/mol. The maximum atomic E-state index is 13.1. The lowest BCUT2D eigenvalue weighted by molar-refractivity contribution is 0.0930. The number of hydrogen-bond acceptors (Lipinski definition) is 2. The van der Waals surface area contributed by atoms with Crippen molar-refractivity contribution in [3.05, 3.63) is 34.6 Å². The van der Waals surface area contributed by atoms with Crippen molar-refractivity contribution in [1.29, 1.82) is 0 Å². The Hall–Kier alpha value is -1.13. The summed E-state index contributed by atoms with van der Waals surface area (Å²) in [5.74, 6) is -0.774. The second kappa shape index (κ2) is 5.47. The molecule has 1 aromatic rings. The average Bonchev–Trinajstić information content (AvgIpc) is 2.29. The molecule has 92 valence electrons. The summed E-state index contributed by atoms with van der Waals surface area (Å²) in [7, 11) is 0. The van der Waals surface area contributed by atoms with Gasteiger partial charge in [0.1, 0.15) is 5.82 Å². The molecule has 1 amide bonds. The van der Waals surface area contributed by atoms with Gasteiger partial charge >= 0.3 is 0 Å². The summed E-state index contributed by atoms with van der Waals surface area (Å²) >= 11 is 5.70. The van der Waals surface area contributed by atoms with E-state index in [2.05, 4.69) is 10.6 Å². The Morgan fingerprint density at radius 1 is 1.47 bits per heavy atom. The van der Waals surface area contributed by atoms with E-state index in [1.165, 1.54) is 18.2 Å². The summed E-state index contributed by atoms with van der Waals surface area (Å²) in [4.78, 5) is 11.9. The van der Waals surface area contributed by atoms with Crippen LogP contribution in [0.25, 0.3) is 0 Å². The lowest BCUT2D eigenvalue weighted by Gasteiger charge is -2.23. The van der Waals surface area contributed by atoms with Crippen LogP contribution in [0.2, 0.25) is 5.02 Å². The van der Waals surface area contributed by atoms with E-state index in [4.69, 9.17) is 11.6 Å². The number of hydrogen-bond donors (Lipinski definition) is 2. The predicted molar refractivity (Wildman–Crippen MR) is 64.8 cm³/mol. The van der Waals surface area contributed by atoms with E-state index in [-0.39, 0.29) is 22.5 Å². The van der Waals surface area contributed by atoms with Crippen LogP contribution in [0.5, 0.6) is 0 Å². The van der Waals surface area contributed by atoms with Crippen molar-refractivity contribution in [2.24, 2.45) is 0 Å². The van der Waals surface area contributed by atoms with Gasteiger partial charge in [0.25, 0.3) is 5.91 Å². The van der Waals surface area contributed by atoms with E-state index in [9.17, 15) is 9.18 Å². The molecule has 2 N–H and O–H groups in total. The summed E-state index contributed by atoms with van der Waals surface area (Å²) in [5, 5.41) is 6.30. The second-order valence-electron chi connectivity index (χ2n) is 4.17. The summed E-state index contributed by atoms with van der Waals surface area (Å²) in [6.45, 7) is 1.74.